The molecule has 0 spiro atoms. The number of piperidine rings is 1. The highest BCUT2D eigenvalue weighted by atomic mass is 16.5. The fraction of sp³-hybridized carbons (Fsp3) is 0.733. The molecule has 101 valence electrons. The van der Waals surface area contributed by atoms with Crippen molar-refractivity contribution in [1.29, 1.82) is 0 Å². The largest absolute Gasteiger partial charge is 0.310 e. The molecule has 0 atom stereocenters. The second-order valence-corrected chi connectivity index (χ2v) is 6.86. The maximum absolute atomic E-state index is 12.2. The number of hydrogen-bond acceptors (Lipinski definition) is 2. The van der Waals surface area contributed by atoms with Crippen LogP contribution in [0.2, 0.25) is 0 Å². The zero-order valence-corrected chi connectivity index (χ0v) is 12.0. The van der Waals surface area contributed by atoms with Crippen molar-refractivity contribution >= 4 is 0 Å². The van der Waals surface area contributed by atoms with E-state index in [9.17, 15) is 5.21 Å². The van der Waals surface area contributed by atoms with Crippen molar-refractivity contribution in [2.45, 2.75) is 64.1 Å². The minimum absolute atomic E-state index is 0.276. The molecule has 2 aliphatic rings. The highest BCUT2D eigenvalue weighted by molar-refractivity contribution is 5.24. The minimum Gasteiger partial charge on any atom is -0.310 e. The maximum atomic E-state index is 12.2. The number of hydrogen-bond donors (Lipinski definition) is 1. The van der Waals surface area contributed by atoms with Gasteiger partial charge in [0.05, 0.1) is 0 Å². The predicted octanol–water partition coefficient (Wildman–Crippen LogP) is 2.83. The lowest BCUT2D eigenvalue weighted by molar-refractivity contribution is -0.290. The Labute approximate surface area is 111 Å². The Morgan fingerprint density at radius 2 is 1.89 bits per heavy atom. The Bertz CT molecular complexity index is 351. The molecule has 0 aromatic heterocycles. The predicted molar refractivity (Wildman–Crippen MR) is 73.5 cm³/mol. The van der Waals surface area contributed by atoms with Crippen LogP contribution >= 0.6 is 0 Å². The molecule has 1 radical (unpaired) electrons. The summed E-state index contributed by atoms with van der Waals surface area (Å²) in [4.78, 5) is 0. The quantitative estimate of drug-likeness (QED) is 0.834. The Hall–Kier alpha value is -0.640. The first-order valence-corrected chi connectivity index (χ1v) is 6.87. The molecule has 0 bridgehead atoms. The van der Waals surface area contributed by atoms with Crippen LogP contribution in [0.3, 0.4) is 0 Å². The summed E-state index contributed by atoms with van der Waals surface area (Å²) < 4.78 is 0. The molecular weight excluding hydrogens is 224 g/mol. The van der Waals surface area contributed by atoms with E-state index in [0.29, 0.717) is 6.04 Å². The lowest BCUT2D eigenvalue weighted by atomic mass is 9.79. The molecule has 0 aromatic carbocycles. The fourth-order valence-electron chi connectivity index (χ4n) is 3.31. The highest BCUT2D eigenvalue weighted by Gasteiger charge is 2.45. The number of rotatable bonds is 3. The third-order valence-corrected chi connectivity index (χ3v) is 4.06. The van der Waals surface area contributed by atoms with Gasteiger partial charge >= 0.3 is 0 Å². The molecule has 0 unspecified atom stereocenters. The molecule has 3 heteroatoms. The van der Waals surface area contributed by atoms with Gasteiger partial charge in [-0.2, -0.15) is 0 Å². The number of hydroxylamine groups is 2. The monoisotopic (exact) mass is 249 g/mol. The summed E-state index contributed by atoms with van der Waals surface area (Å²) in [6.45, 7) is 9.14. The molecule has 1 N–H and O–H groups in total. The van der Waals surface area contributed by atoms with Crippen LogP contribution < -0.4 is 5.32 Å². The topological polar surface area (TPSA) is 35.2 Å². The fourth-order valence-corrected chi connectivity index (χ4v) is 3.31. The first kappa shape index (κ1) is 13.8. The molecule has 3 nitrogen and oxygen atoms in total. The van der Waals surface area contributed by atoms with Crippen molar-refractivity contribution in [1.82, 2.24) is 10.4 Å². The van der Waals surface area contributed by atoms with Crippen LogP contribution in [0.5, 0.6) is 0 Å². The Kier molecular flexibility index (Phi) is 3.67. The third-order valence-electron chi connectivity index (χ3n) is 4.06. The van der Waals surface area contributed by atoms with E-state index < -0.39 is 0 Å². The normalized spacial score (nSPS) is 27.5. The van der Waals surface area contributed by atoms with Crippen LogP contribution in [0.1, 0.15) is 47.0 Å². The van der Waals surface area contributed by atoms with Gasteiger partial charge in [-0.05, 0) is 47.0 Å². The van der Waals surface area contributed by atoms with E-state index in [1.54, 1.807) is 0 Å². The van der Waals surface area contributed by atoms with E-state index >= 15 is 0 Å². The smallest absolute Gasteiger partial charge is 0.0458 e. The first-order valence-electron chi connectivity index (χ1n) is 6.87. The molecule has 1 heterocycles. The Morgan fingerprint density at radius 3 is 2.39 bits per heavy atom. The molecule has 1 saturated heterocycles. The van der Waals surface area contributed by atoms with E-state index in [-0.39, 0.29) is 11.1 Å². The van der Waals surface area contributed by atoms with Crippen LogP contribution in [0.4, 0.5) is 0 Å². The number of nitrogens with zero attached hydrogens (tertiary/aromatic N) is 1. The molecule has 0 amide bonds. The van der Waals surface area contributed by atoms with Crippen LogP contribution in [0.25, 0.3) is 0 Å². The first-order chi connectivity index (χ1) is 8.31. The highest BCUT2D eigenvalue weighted by Crippen LogP contribution is 2.37. The van der Waals surface area contributed by atoms with Crippen LogP contribution in [-0.4, -0.2) is 28.7 Å². The molecule has 0 saturated carbocycles. The van der Waals surface area contributed by atoms with Crippen molar-refractivity contribution in [3.63, 3.8) is 0 Å². The third kappa shape index (κ3) is 2.85. The van der Waals surface area contributed by atoms with E-state index in [1.165, 1.54) is 10.6 Å². The summed E-state index contributed by atoms with van der Waals surface area (Å²) in [7, 11) is 0. The van der Waals surface area contributed by atoms with Crippen LogP contribution in [0, 0.1) is 0 Å². The summed E-state index contributed by atoms with van der Waals surface area (Å²) in [6.07, 6.45) is 9.39. The zero-order chi connectivity index (χ0) is 13.4. The van der Waals surface area contributed by atoms with Gasteiger partial charge in [-0.25, -0.2) is 0 Å². The second kappa shape index (κ2) is 4.80. The van der Waals surface area contributed by atoms with Gasteiger partial charge in [-0.15, -0.1) is 10.3 Å². The Balaban J connectivity index is 1.94. The number of nitrogens with one attached hydrogen (secondary N) is 1. The molecule has 18 heavy (non-hydrogen) atoms. The molecule has 1 fully saturated rings. The van der Waals surface area contributed by atoms with Gasteiger partial charge in [0.25, 0.3) is 0 Å². The average molecular weight is 249 g/mol. The summed E-state index contributed by atoms with van der Waals surface area (Å²) in [5.74, 6) is 0. The van der Waals surface area contributed by atoms with E-state index in [0.717, 1.165) is 25.8 Å². The van der Waals surface area contributed by atoms with Crippen molar-refractivity contribution in [2.75, 3.05) is 6.54 Å². The summed E-state index contributed by atoms with van der Waals surface area (Å²) in [5.41, 5.74) is 0.888. The van der Waals surface area contributed by atoms with Gasteiger partial charge in [-0.1, -0.05) is 23.8 Å². The van der Waals surface area contributed by atoms with Gasteiger partial charge in [0.15, 0.2) is 0 Å². The van der Waals surface area contributed by atoms with Crippen molar-refractivity contribution in [2.24, 2.45) is 0 Å². The maximum Gasteiger partial charge on any atom is 0.0458 e. The van der Waals surface area contributed by atoms with Gasteiger partial charge in [0.1, 0.15) is 0 Å². The van der Waals surface area contributed by atoms with Crippen molar-refractivity contribution < 1.29 is 5.21 Å². The molecule has 2 rings (SSSR count). The average Bonchev–Trinajstić information content (AvgIpc) is 2.75. The van der Waals surface area contributed by atoms with Crippen LogP contribution in [0.15, 0.2) is 23.8 Å². The standard InChI is InChI=1S/C15H25N2O/c1-14(2)9-13(10-15(3,4)17(14)18)16-11-12-7-5-6-8-12/h5-7,13,16H,8-11H2,1-4H3. The van der Waals surface area contributed by atoms with Crippen LogP contribution in [-0.2, 0) is 5.21 Å². The zero-order valence-electron chi connectivity index (χ0n) is 12.0. The Morgan fingerprint density at radius 1 is 1.28 bits per heavy atom. The lowest BCUT2D eigenvalue weighted by Crippen LogP contribution is -2.61. The molecule has 0 aromatic rings. The van der Waals surface area contributed by atoms with Gasteiger partial charge < -0.3 is 5.32 Å². The summed E-state index contributed by atoms with van der Waals surface area (Å²) in [6, 6.07) is 0.432. The van der Waals surface area contributed by atoms with E-state index in [2.05, 4.69) is 23.5 Å². The lowest BCUT2D eigenvalue weighted by Gasteiger charge is -2.50. The van der Waals surface area contributed by atoms with Gasteiger partial charge in [0, 0.05) is 23.7 Å². The van der Waals surface area contributed by atoms with Crippen molar-refractivity contribution in [3.05, 3.63) is 23.8 Å². The minimum atomic E-state index is -0.276. The summed E-state index contributed by atoms with van der Waals surface area (Å²) in [5, 5.41) is 17.1. The molecular formula is C15H25N2O. The SMILES string of the molecule is CC1(C)CC(NCC2=CC=CC2)CC(C)(C)N1[O]. The molecule has 1 aliphatic carbocycles. The van der Waals surface area contributed by atoms with Gasteiger partial charge in [-0.3, -0.25) is 0 Å². The van der Waals surface area contributed by atoms with Gasteiger partial charge in [0.2, 0.25) is 0 Å². The van der Waals surface area contributed by atoms with E-state index in [4.69, 9.17) is 0 Å². The second-order valence-electron chi connectivity index (χ2n) is 6.86. The van der Waals surface area contributed by atoms with E-state index in [1.807, 2.05) is 27.7 Å². The molecule has 1 aliphatic heterocycles. The number of allylic oxidation sites excluding steroid dienone is 3. The van der Waals surface area contributed by atoms with Crippen molar-refractivity contribution in [3.8, 4) is 0 Å². The summed E-state index contributed by atoms with van der Waals surface area (Å²) >= 11 is 0.